The van der Waals surface area contributed by atoms with E-state index in [1.54, 1.807) is 12.1 Å². The third kappa shape index (κ3) is 3.64. The molecule has 1 aliphatic rings. The number of nitrogens with one attached hydrogen (secondary N) is 1. The molecule has 0 aromatic carbocycles. The molecule has 1 aromatic rings. The van der Waals surface area contributed by atoms with Crippen molar-refractivity contribution in [3.8, 4) is 0 Å². The topological polar surface area (TPSA) is 45.5 Å². The summed E-state index contributed by atoms with van der Waals surface area (Å²) in [6.45, 7) is 2.61. The fourth-order valence-corrected chi connectivity index (χ4v) is 2.36. The molecule has 1 saturated heterocycles. The summed E-state index contributed by atoms with van der Waals surface area (Å²) in [5.41, 5.74) is 0. The van der Waals surface area contributed by atoms with Gasteiger partial charge in [0.15, 0.2) is 11.0 Å². The van der Waals surface area contributed by atoms with Crippen molar-refractivity contribution in [3.63, 3.8) is 0 Å². The van der Waals surface area contributed by atoms with Crippen molar-refractivity contribution in [3.05, 3.63) is 23.1 Å². The van der Waals surface area contributed by atoms with E-state index in [9.17, 15) is 4.79 Å². The van der Waals surface area contributed by atoms with Crippen LogP contribution in [-0.4, -0.2) is 37.5 Å². The molecule has 1 fully saturated rings. The number of halogens is 2. The number of nitrogens with zero attached hydrogens (tertiary/aromatic N) is 1. The molecule has 1 aliphatic heterocycles. The molecule has 1 amide bonds. The molecule has 0 unspecified atom stereocenters. The number of furan rings is 1. The van der Waals surface area contributed by atoms with Crippen molar-refractivity contribution in [1.29, 1.82) is 0 Å². The van der Waals surface area contributed by atoms with E-state index >= 15 is 0 Å². The Labute approximate surface area is 118 Å². The van der Waals surface area contributed by atoms with Crippen LogP contribution in [-0.2, 0) is 0 Å². The average molecular weight is 293 g/mol. The minimum Gasteiger partial charge on any atom is -0.440 e. The van der Waals surface area contributed by atoms with E-state index in [4.69, 9.17) is 16.0 Å². The van der Waals surface area contributed by atoms with Crippen LogP contribution in [0.4, 0.5) is 0 Å². The highest BCUT2D eigenvalue weighted by molar-refractivity contribution is 6.29. The number of rotatable bonds is 3. The maximum atomic E-state index is 12.0. The summed E-state index contributed by atoms with van der Waals surface area (Å²) in [6.07, 6.45) is 2.09. The van der Waals surface area contributed by atoms with Gasteiger partial charge in [-0.2, -0.15) is 0 Å². The summed E-state index contributed by atoms with van der Waals surface area (Å²) in [6, 6.07) is 3.23. The fraction of sp³-hybridized carbons (Fsp3) is 0.583. The minimum absolute atomic E-state index is 0. The molecule has 4 nitrogen and oxygen atoms in total. The number of carbonyl (C=O) groups is 1. The quantitative estimate of drug-likeness (QED) is 0.931. The number of amides is 1. The zero-order valence-electron chi connectivity index (χ0n) is 10.3. The summed E-state index contributed by atoms with van der Waals surface area (Å²) in [7, 11) is 1.96. The summed E-state index contributed by atoms with van der Waals surface area (Å²) in [5, 5.41) is 3.44. The first-order chi connectivity index (χ1) is 8.20. The van der Waals surface area contributed by atoms with Crippen molar-refractivity contribution in [2.45, 2.75) is 12.8 Å². The fourth-order valence-electron chi connectivity index (χ4n) is 2.21. The molecule has 0 bridgehead atoms. The Hall–Kier alpha value is -0.710. The number of likely N-dealkylation sites (tertiary alicyclic amines) is 1. The second-order valence-electron chi connectivity index (χ2n) is 4.40. The van der Waals surface area contributed by atoms with Crippen LogP contribution in [0, 0.1) is 5.92 Å². The summed E-state index contributed by atoms with van der Waals surface area (Å²) < 4.78 is 5.13. The Morgan fingerprint density at radius 2 is 2.17 bits per heavy atom. The van der Waals surface area contributed by atoms with Gasteiger partial charge in [0.25, 0.3) is 5.91 Å². The molecule has 2 rings (SSSR count). The molecule has 1 aromatic heterocycles. The Morgan fingerprint density at radius 3 is 2.67 bits per heavy atom. The Bertz CT molecular complexity index is 387. The number of hydrogen-bond donors (Lipinski definition) is 1. The normalized spacial score (nSPS) is 16.4. The lowest BCUT2D eigenvalue weighted by atomic mass is 9.97. The molecular formula is C12H18Cl2N2O2. The number of hydrogen-bond acceptors (Lipinski definition) is 3. The highest BCUT2D eigenvalue weighted by Gasteiger charge is 2.24. The zero-order chi connectivity index (χ0) is 12.3. The van der Waals surface area contributed by atoms with Crippen molar-refractivity contribution in [2.75, 3.05) is 26.7 Å². The summed E-state index contributed by atoms with van der Waals surface area (Å²) in [4.78, 5) is 13.9. The first-order valence-corrected chi connectivity index (χ1v) is 6.27. The van der Waals surface area contributed by atoms with Crippen LogP contribution in [0.3, 0.4) is 0 Å². The maximum Gasteiger partial charge on any atom is 0.289 e. The molecule has 2 heterocycles. The van der Waals surface area contributed by atoms with E-state index in [1.165, 1.54) is 0 Å². The molecule has 102 valence electrons. The van der Waals surface area contributed by atoms with Gasteiger partial charge in [0.1, 0.15) is 0 Å². The predicted octanol–water partition coefficient (Wildman–Crippen LogP) is 2.43. The summed E-state index contributed by atoms with van der Waals surface area (Å²) >= 11 is 5.66. The van der Waals surface area contributed by atoms with Gasteiger partial charge in [0, 0.05) is 13.1 Å². The highest BCUT2D eigenvalue weighted by atomic mass is 35.5. The molecule has 0 aliphatic carbocycles. The van der Waals surface area contributed by atoms with E-state index in [-0.39, 0.29) is 23.5 Å². The zero-order valence-corrected chi connectivity index (χ0v) is 11.9. The van der Waals surface area contributed by atoms with Gasteiger partial charge in [-0.05, 0) is 56.1 Å². The van der Waals surface area contributed by atoms with Gasteiger partial charge in [-0.1, -0.05) is 0 Å². The largest absolute Gasteiger partial charge is 0.440 e. The lowest BCUT2D eigenvalue weighted by Crippen LogP contribution is -2.40. The third-order valence-corrected chi connectivity index (χ3v) is 3.38. The number of piperidine rings is 1. The maximum absolute atomic E-state index is 12.0. The molecule has 0 radical (unpaired) electrons. The number of carbonyl (C=O) groups excluding carboxylic acids is 1. The second-order valence-corrected chi connectivity index (χ2v) is 4.77. The van der Waals surface area contributed by atoms with Gasteiger partial charge in [-0.3, -0.25) is 4.79 Å². The average Bonchev–Trinajstić information content (AvgIpc) is 2.76. The van der Waals surface area contributed by atoms with Gasteiger partial charge in [0.2, 0.25) is 0 Å². The van der Waals surface area contributed by atoms with Gasteiger partial charge in [-0.15, -0.1) is 12.4 Å². The van der Waals surface area contributed by atoms with Gasteiger partial charge in [0.05, 0.1) is 0 Å². The SMILES string of the molecule is CNCC1CCN(C(=O)c2ccc(Cl)o2)CC1.Cl. The first kappa shape index (κ1) is 15.3. The summed E-state index contributed by atoms with van der Waals surface area (Å²) in [5.74, 6) is 0.950. The van der Waals surface area contributed by atoms with Crippen LogP contribution in [0.15, 0.2) is 16.5 Å². The molecular weight excluding hydrogens is 275 g/mol. The molecule has 0 saturated carbocycles. The Balaban J connectivity index is 0.00000162. The highest BCUT2D eigenvalue weighted by Crippen LogP contribution is 2.20. The van der Waals surface area contributed by atoms with Crippen molar-refractivity contribution in [2.24, 2.45) is 5.92 Å². The van der Waals surface area contributed by atoms with E-state index in [0.29, 0.717) is 11.7 Å². The van der Waals surface area contributed by atoms with Crippen LogP contribution in [0.1, 0.15) is 23.4 Å². The van der Waals surface area contributed by atoms with E-state index in [0.717, 1.165) is 32.5 Å². The van der Waals surface area contributed by atoms with Crippen LogP contribution >= 0.6 is 24.0 Å². The Kier molecular flexibility index (Phi) is 5.99. The van der Waals surface area contributed by atoms with Crippen LogP contribution < -0.4 is 5.32 Å². The lowest BCUT2D eigenvalue weighted by molar-refractivity contribution is 0.0659. The van der Waals surface area contributed by atoms with E-state index < -0.39 is 0 Å². The third-order valence-electron chi connectivity index (χ3n) is 3.18. The molecule has 18 heavy (non-hydrogen) atoms. The van der Waals surface area contributed by atoms with Crippen molar-refractivity contribution >= 4 is 29.9 Å². The van der Waals surface area contributed by atoms with Gasteiger partial charge >= 0.3 is 0 Å². The van der Waals surface area contributed by atoms with E-state index in [1.807, 2.05) is 11.9 Å². The monoisotopic (exact) mass is 292 g/mol. The minimum atomic E-state index is -0.0557. The van der Waals surface area contributed by atoms with Crippen molar-refractivity contribution < 1.29 is 9.21 Å². The predicted molar refractivity (Wildman–Crippen MR) is 73.5 cm³/mol. The molecule has 0 spiro atoms. The standard InChI is InChI=1S/C12H17ClN2O2.ClH/c1-14-8-9-4-6-15(7-5-9)12(16)10-2-3-11(13)17-10;/h2-3,9,14H,4-8H2,1H3;1H. The molecule has 1 N–H and O–H groups in total. The van der Waals surface area contributed by atoms with Gasteiger partial charge in [-0.25, -0.2) is 0 Å². The van der Waals surface area contributed by atoms with Gasteiger partial charge < -0.3 is 14.6 Å². The lowest BCUT2D eigenvalue weighted by Gasteiger charge is -2.31. The van der Waals surface area contributed by atoms with Crippen molar-refractivity contribution in [1.82, 2.24) is 10.2 Å². The molecule has 6 heteroatoms. The van der Waals surface area contributed by atoms with Crippen LogP contribution in [0.5, 0.6) is 0 Å². The smallest absolute Gasteiger partial charge is 0.289 e. The second kappa shape index (κ2) is 7.02. The Morgan fingerprint density at radius 1 is 1.50 bits per heavy atom. The van der Waals surface area contributed by atoms with Crippen LogP contribution in [0.2, 0.25) is 5.22 Å². The van der Waals surface area contributed by atoms with Crippen LogP contribution in [0.25, 0.3) is 0 Å². The first-order valence-electron chi connectivity index (χ1n) is 5.90. The van der Waals surface area contributed by atoms with E-state index in [2.05, 4.69) is 5.32 Å². The molecule has 0 atom stereocenters.